The SMILES string of the molecule is CC(C)c1ccc(CC(C=O)c2cccc(Cl)c2)cc1. The largest absolute Gasteiger partial charge is 0.303 e. The van der Waals surface area contributed by atoms with Crippen LogP contribution in [0.25, 0.3) is 0 Å². The predicted octanol–water partition coefficient (Wildman–Crippen LogP) is 4.99. The first-order chi connectivity index (χ1) is 9.60. The summed E-state index contributed by atoms with van der Waals surface area (Å²) in [4.78, 5) is 11.4. The number of hydrogen-bond acceptors (Lipinski definition) is 1. The molecule has 0 saturated heterocycles. The molecule has 0 N–H and O–H groups in total. The van der Waals surface area contributed by atoms with Crippen LogP contribution in [0.1, 0.15) is 42.4 Å². The van der Waals surface area contributed by atoms with Gasteiger partial charge in [-0.15, -0.1) is 0 Å². The number of carbonyl (C=O) groups excluding carboxylic acids is 1. The van der Waals surface area contributed by atoms with E-state index in [1.165, 1.54) is 11.1 Å². The molecular formula is C18H19ClO. The fourth-order valence-electron chi connectivity index (χ4n) is 2.27. The highest BCUT2D eigenvalue weighted by molar-refractivity contribution is 6.30. The van der Waals surface area contributed by atoms with Crippen molar-refractivity contribution in [1.82, 2.24) is 0 Å². The third kappa shape index (κ3) is 3.71. The highest BCUT2D eigenvalue weighted by atomic mass is 35.5. The predicted molar refractivity (Wildman–Crippen MR) is 84.5 cm³/mol. The zero-order chi connectivity index (χ0) is 14.5. The molecule has 0 amide bonds. The van der Waals surface area contributed by atoms with Gasteiger partial charge < -0.3 is 4.79 Å². The second kappa shape index (κ2) is 6.71. The molecule has 0 saturated carbocycles. The van der Waals surface area contributed by atoms with Gasteiger partial charge in [-0.05, 0) is 41.2 Å². The fourth-order valence-corrected chi connectivity index (χ4v) is 2.47. The summed E-state index contributed by atoms with van der Waals surface area (Å²) in [6, 6.07) is 16.0. The van der Waals surface area contributed by atoms with Crippen LogP contribution in [0.4, 0.5) is 0 Å². The van der Waals surface area contributed by atoms with Gasteiger partial charge >= 0.3 is 0 Å². The molecule has 2 rings (SSSR count). The number of carbonyl (C=O) groups is 1. The van der Waals surface area contributed by atoms with Gasteiger partial charge in [-0.1, -0.05) is 61.8 Å². The number of aldehydes is 1. The fraction of sp³-hybridized carbons (Fsp3) is 0.278. The summed E-state index contributed by atoms with van der Waals surface area (Å²) < 4.78 is 0. The molecule has 0 heterocycles. The molecule has 20 heavy (non-hydrogen) atoms. The molecule has 2 heteroatoms. The van der Waals surface area contributed by atoms with Crippen LogP contribution >= 0.6 is 11.6 Å². The normalized spacial score (nSPS) is 12.4. The van der Waals surface area contributed by atoms with E-state index in [1.807, 2.05) is 24.3 Å². The number of benzene rings is 2. The monoisotopic (exact) mass is 286 g/mol. The smallest absolute Gasteiger partial charge is 0.127 e. The lowest BCUT2D eigenvalue weighted by molar-refractivity contribution is -0.109. The van der Waals surface area contributed by atoms with Crippen molar-refractivity contribution in [2.24, 2.45) is 0 Å². The van der Waals surface area contributed by atoms with Crippen LogP contribution in [0.3, 0.4) is 0 Å². The first kappa shape index (κ1) is 14.8. The molecule has 0 bridgehead atoms. The number of hydrogen-bond donors (Lipinski definition) is 0. The summed E-state index contributed by atoms with van der Waals surface area (Å²) in [5.41, 5.74) is 3.46. The number of rotatable bonds is 5. The maximum Gasteiger partial charge on any atom is 0.127 e. The first-order valence-corrected chi connectivity index (χ1v) is 7.27. The Morgan fingerprint density at radius 2 is 1.75 bits per heavy atom. The second-order valence-electron chi connectivity index (χ2n) is 5.40. The zero-order valence-electron chi connectivity index (χ0n) is 11.8. The Morgan fingerprint density at radius 3 is 2.30 bits per heavy atom. The summed E-state index contributed by atoms with van der Waals surface area (Å²) in [6.07, 6.45) is 1.71. The van der Waals surface area contributed by atoms with Crippen molar-refractivity contribution in [1.29, 1.82) is 0 Å². The summed E-state index contributed by atoms with van der Waals surface area (Å²) in [5.74, 6) is 0.387. The van der Waals surface area contributed by atoms with Crippen molar-refractivity contribution in [2.75, 3.05) is 0 Å². The topological polar surface area (TPSA) is 17.1 Å². The summed E-state index contributed by atoms with van der Waals surface area (Å²) in [7, 11) is 0. The average Bonchev–Trinajstić information content (AvgIpc) is 2.45. The third-order valence-corrected chi connectivity index (χ3v) is 3.78. The van der Waals surface area contributed by atoms with E-state index in [1.54, 1.807) is 0 Å². The molecule has 1 atom stereocenters. The first-order valence-electron chi connectivity index (χ1n) is 6.89. The Bertz CT molecular complexity index is 572. The molecule has 0 aliphatic heterocycles. The minimum Gasteiger partial charge on any atom is -0.303 e. The highest BCUT2D eigenvalue weighted by Crippen LogP contribution is 2.23. The lowest BCUT2D eigenvalue weighted by atomic mass is 9.92. The summed E-state index contributed by atoms with van der Waals surface area (Å²) in [6.45, 7) is 4.35. The van der Waals surface area contributed by atoms with Crippen molar-refractivity contribution in [3.8, 4) is 0 Å². The third-order valence-electron chi connectivity index (χ3n) is 3.54. The molecule has 0 aliphatic rings. The Labute approximate surface area is 125 Å². The van der Waals surface area contributed by atoms with Crippen LogP contribution in [0.15, 0.2) is 48.5 Å². The molecule has 1 nitrogen and oxygen atoms in total. The number of halogens is 1. The van der Waals surface area contributed by atoms with E-state index in [9.17, 15) is 4.79 Å². The zero-order valence-corrected chi connectivity index (χ0v) is 12.6. The van der Waals surface area contributed by atoms with Crippen LogP contribution in [0, 0.1) is 0 Å². The molecule has 2 aromatic carbocycles. The highest BCUT2D eigenvalue weighted by Gasteiger charge is 2.12. The van der Waals surface area contributed by atoms with Gasteiger partial charge in [-0.3, -0.25) is 0 Å². The van der Waals surface area contributed by atoms with E-state index in [4.69, 9.17) is 11.6 Å². The molecule has 0 aromatic heterocycles. The van der Waals surface area contributed by atoms with Crippen molar-refractivity contribution >= 4 is 17.9 Å². The minimum atomic E-state index is -0.140. The van der Waals surface area contributed by atoms with E-state index < -0.39 is 0 Å². The molecule has 0 aliphatic carbocycles. The van der Waals surface area contributed by atoms with Crippen LogP contribution in [-0.4, -0.2) is 6.29 Å². The van der Waals surface area contributed by atoms with Crippen LogP contribution in [0.5, 0.6) is 0 Å². The average molecular weight is 287 g/mol. The van der Waals surface area contributed by atoms with E-state index in [-0.39, 0.29) is 5.92 Å². The van der Waals surface area contributed by atoms with Crippen LogP contribution in [0.2, 0.25) is 5.02 Å². The molecule has 2 aromatic rings. The minimum absolute atomic E-state index is 0.140. The van der Waals surface area contributed by atoms with Gasteiger partial charge in [0.25, 0.3) is 0 Å². The van der Waals surface area contributed by atoms with Crippen molar-refractivity contribution in [3.63, 3.8) is 0 Å². The van der Waals surface area contributed by atoms with Gasteiger partial charge in [0, 0.05) is 10.9 Å². The quantitative estimate of drug-likeness (QED) is 0.708. The van der Waals surface area contributed by atoms with E-state index in [0.29, 0.717) is 17.4 Å². The molecule has 0 radical (unpaired) electrons. The molecular weight excluding hydrogens is 268 g/mol. The Hall–Kier alpha value is -1.60. The van der Waals surface area contributed by atoms with E-state index >= 15 is 0 Å². The standard InChI is InChI=1S/C18H19ClO/c1-13(2)15-8-6-14(7-9-15)10-17(12-20)16-4-3-5-18(19)11-16/h3-9,11-13,17H,10H2,1-2H3. The van der Waals surface area contributed by atoms with Gasteiger partial charge in [-0.2, -0.15) is 0 Å². The van der Waals surface area contributed by atoms with Gasteiger partial charge in [0.05, 0.1) is 0 Å². The van der Waals surface area contributed by atoms with Crippen molar-refractivity contribution in [2.45, 2.75) is 32.1 Å². The second-order valence-corrected chi connectivity index (χ2v) is 5.83. The van der Waals surface area contributed by atoms with Gasteiger partial charge in [-0.25, -0.2) is 0 Å². The van der Waals surface area contributed by atoms with Crippen molar-refractivity contribution in [3.05, 3.63) is 70.2 Å². The Balaban J connectivity index is 2.16. The van der Waals surface area contributed by atoms with Crippen LogP contribution < -0.4 is 0 Å². The lowest BCUT2D eigenvalue weighted by Gasteiger charge is -2.12. The molecule has 1 unspecified atom stereocenters. The van der Waals surface area contributed by atoms with Gasteiger partial charge in [0.1, 0.15) is 6.29 Å². The molecule has 104 valence electrons. The lowest BCUT2D eigenvalue weighted by Crippen LogP contribution is -2.04. The Kier molecular flexibility index (Phi) is 4.97. The van der Waals surface area contributed by atoms with E-state index in [0.717, 1.165) is 11.8 Å². The summed E-state index contributed by atoms with van der Waals surface area (Å²) >= 11 is 5.99. The molecule has 0 spiro atoms. The molecule has 0 fully saturated rings. The van der Waals surface area contributed by atoms with Gasteiger partial charge in [0.15, 0.2) is 0 Å². The maximum absolute atomic E-state index is 11.4. The van der Waals surface area contributed by atoms with Crippen molar-refractivity contribution < 1.29 is 4.79 Å². The van der Waals surface area contributed by atoms with E-state index in [2.05, 4.69) is 38.1 Å². The summed E-state index contributed by atoms with van der Waals surface area (Å²) in [5, 5.41) is 0.671. The van der Waals surface area contributed by atoms with Crippen LogP contribution in [-0.2, 0) is 11.2 Å². The van der Waals surface area contributed by atoms with Gasteiger partial charge in [0.2, 0.25) is 0 Å². The maximum atomic E-state index is 11.4. The Morgan fingerprint density at radius 1 is 1.05 bits per heavy atom.